The number of carbonyl (C=O) groups is 1. The second kappa shape index (κ2) is 20.8. The van der Waals surface area contributed by atoms with Gasteiger partial charge in [0.05, 0.1) is 29.5 Å². The third-order valence-corrected chi connectivity index (χ3v) is 19.5. The van der Waals surface area contributed by atoms with E-state index < -0.39 is 10.8 Å². The van der Waals surface area contributed by atoms with E-state index in [0.717, 1.165) is 97.4 Å². The molecule has 2 N–H and O–H groups in total. The number of benzene rings is 4. The summed E-state index contributed by atoms with van der Waals surface area (Å²) >= 11 is 13.3. The molecule has 1 saturated carbocycles. The molecule has 1 spiro atoms. The van der Waals surface area contributed by atoms with Crippen LogP contribution in [0.3, 0.4) is 0 Å². The summed E-state index contributed by atoms with van der Waals surface area (Å²) < 4.78 is 15.3. The summed E-state index contributed by atoms with van der Waals surface area (Å²) in [5.74, 6) is 2.13. The van der Waals surface area contributed by atoms with E-state index in [4.69, 9.17) is 37.7 Å². The Labute approximate surface area is 443 Å². The fourth-order valence-electron chi connectivity index (χ4n) is 15.5. The second-order valence-electron chi connectivity index (χ2n) is 22.7. The average Bonchev–Trinajstić information content (AvgIpc) is 4.22. The SMILES string of the molecule is CCC12C(=O)C34C5C[C@H](Cc6ccc(Cl)cc6)N(C)C3[C@@H](COC)NC4[C@H](C)N(Cc3ccc(Cl)cc3Oc3ccc(-n4cnc(CN6CCCC6)c4C)cc3)C1C[C@@H](Cc1ccccc1)C2N(C)[C@@H](C)CN5. The van der Waals surface area contributed by atoms with Crippen LogP contribution < -0.4 is 15.4 Å². The molecule has 4 aromatic carbocycles. The van der Waals surface area contributed by atoms with E-state index in [1.165, 1.54) is 24.0 Å². The van der Waals surface area contributed by atoms with Crippen molar-refractivity contribution in [3.8, 4) is 17.2 Å². The van der Waals surface area contributed by atoms with Crippen LogP contribution in [-0.4, -0.2) is 137 Å². The number of likely N-dealkylation sites (N-methyl/N-ethyl adjacent to an activating group) is 2. The van der Waals surface area contributed by atoms with Gasteiger partial charge in [-0.25, -0.2) is 4.98 Å². The molecule has 11 rings (SSSR count). The monoisotopic (exact) mass is 1030 g/mol. The number of imidazole rings is 1. The van der Waals surface area contributed by atoms with Gasteiger partial charge < -0.3 is 24.7 Å². The first-order valence-corrected chi connectivity index (χ1v) is 27.9. The van der Waals surface area contributed by atoms with Crippen LogP contribution in [0.1, 0.15) is 81.0 Å². The molecule has 6 aliphatic rings. The fourth-order valence-corrected chi connectivity index (χ4v) is 15.8. The van der Waals surface area contributed by atoms with Crippen molar-refractivity contribution >= 4 is 29.0 Å². The van der Waals surface area contributed by atoms with E-state index in [1.54, 1.807) is 7.11 Å². The van der Waals surface area contributed by atoms with Crippen molar-refractivity contribution in [1.82, 2.24) is 39.8 Å². The first kappa shape index (κ1) is 51.0. The Bertz CT molecular complexity index is 2730. The van der Waals surface area contributed by atoms with E-state index in [9.17, 15) is 0 Å². The lowest BCUT2D eigenvalue weighted by Gasteiger charge is -2.57. The van der Waals surface area contributed by atoms with Crippen molar-refractivity contribution < 1.29 is 14.3 Å². The van der Waals surface area contributed by atoms with Crippen LogP contribution in [0.15, 0.2) is 103 Å². The number of nitrogens with one attached hydrogen (secondary N) is 2. The molecule has 13 heteroatoms. The molecule has 6 heterocycles. The molecule has 73 heavy (non-hydrogen) atoms. The Morgan fingerprint density at radius 2 is 1.56 bits per heavy atom. The molecule has 388 valence electrons. The molecular weight excluding hydrogens is 952 g/mol. The van der Waals surface area contributed by atoms with Crippen LogP contribution in [-0.2, 0) is 35.5 Å². The van der Waals surface area contributed by atoms with Crippen LogP contribution >= 0.6 is 23.2 Å². The fraction of sp³-hybridized carbons (Fsp3) is 0.533. The maximum atomic E-state index is 17.5. The topological polar surface area (TPSA) is 90.4 Å². The highest BCUT2D eigenvalue weighted by Crippen LogP contribution is 2.63. The van der Waals surface area contributed by atoms with Crippen LogP contribution in [0.2, 0.25) is 10.0 Å². The third kappa shape index (κ3) is 8.90. The number of ketones is 1. The minimum Gasteiger partial charge on any atom is -0.457 e. The van der Waals surface area contributed by atoms with Gasteiger partial charge in [-0.3, -0.25) is 24.4 Å². The summed E-state index contributed by atoms with van der Waals surface area (Å²) in [6, 6.07) is 33.6. The lowest BCUT2D eigenvalue weighted by atomic mass is 9.54. The van der Waals surface area contributed by atoms with E-state index >= 15 is 4.79 Å². The number of ether oxygens (including phenoxy) is 2. The molecule has 0 amide bonds. The van der Waals surface area contributed by atoms with E-state index in [-0.39, 0.29) is 60.3 Å². The Morgan fingerprint density at radius 3 is 2.29 bits per heavy atom. The molecule has 1 aliphatic carbocycles. The minimum atomic E-state index is -0.773. The Kier molecular flexibility index (Phi) is 14.5. The van der Waals surface area contributed by atoms with Gasteiger partial charge in [-0.2, -0.15) is 0 Å². The van der Waals surface area contributed by atoms with Crippen molar-refractivity contribution in [2.75, 3.05) is 47.4 Å². The van der Waals surface area contributed by atoms with Crippen LogP contribution in [0.25, 0.3) is 5.69 Å². The summed E-state index contributed by atoms with van der Waals surface area (Å²) in [6.07, 6.45) is 8.72. The zero-order chi connectivity index (χ0) is 50.8. The zero-order valence-electron chi connectivity index (χ0n) is 43.9. The van der Waals surface area contributed by atoms with E-state index in [2.05, 4.69) is 149 Å². The quantitative estimate of drug-likeness (QED) is 0.112. The molecule has 0 radical (unpaired) electrons. The van der Waals surface area contributed by atoms with Gasteiger partial charge in [-0.15, -0.1) is 0 Å². The van der Waals surface area contributed by atoms with Crippen LogP contribution in [0.4, 0.5) is 0 Å². The van der Waals surface area contributed by atoms with E-state index in [1.807, 2.05) is 30.6 Å². The highest BCUT2D eigenvalue weighted by molar-refractivity contribution is 6.31. The number of hydrogen-bond acceptors (Lipinski definition) is 10. The standard InChI is InChI=1S/C60H76Cl2N8O3/c1-8-59-54-30-44(28-41-14-10-9-11-15-41)56(59)66(5)38(2)33-63-53-32-48(29-42-16-19-45(61)20-17-42)67(6)57-51(36-72-7)65-55(60(53,57)58(59)71)40(4)69(54)34-43-18-21-46(62)31-52(43)73-49-24-22-47(23-25-49)70-37-64-50(39(70)3)35-68-26-12-13-27-68/h9-11,14-25,31,37-38,40,44,48,51,53-57,63,65H,8,12-13,26-30,32-36H2,1-7H3/t38-,40-,44+,48-,51+,53?,54?,55?,56?,57?,59?,60?/m0/s1. The van der Waals surface area contributed by atoms with Gasteiger partial charge >= 0.3 is 0 Å². The van der Waals surface area contributed by atoms with Gasteiger partial charge in [0.25, 0.3) is 0 Å². The summed E-state index contributed by atoms with van der Waals surface area (Å²) in [5, 5.41) is 9.85. The summed E-state index contributed by atoms with van der Waals surface area (Å²) in [4.78, 5) is 32.8. The molecule has 5 aliphatic heterocycles. The predicted molar refractivity (Wildman–Crippen MR) is 292 cm³/mol. The van der Waals surface area contributed by atoms with Gasteiger partial charge in [-0.05, 0) is 158 Å². The summed E-state index contributed by atoms with van der Waals surface area (Å²) in [6.45, 7) is 14.3. The van der Waals surface area contributed by atoms with Crippen molar-refractivity contribution in [2.24, 2.45) is 16.7 Å². The van der Waals surface area contributed by atoms with Crippen molar-refractivity contribution in [3.63, 3.8) is 0 Å². The molecule has 5 aromatic rings. The molecular formula is C60H76Cl2N8O3. The van der Waals surface area contributed by atoms with Gasteiger partial charge in [0.1, 0.15) is 11.5 Å². The first-order valence-electron chi connectivity index (χ1n) is 27.2. The highest BCUT2D eigenvalue weighted by Gasteiger charge is 2.77. The summed E-state index contributed by atoms with van der Waals surface area (Å²) in [5.41, 5.74) is 5.48. The molecule has 2 bridgehead atoms. The van der Waals surface area contributed by atoms with Gasteiger partial charge in [0.15, 0.2) is 5.78 Å². The maximum absolute atomic E-state index is 17.5. The smallest absolute Gasteiger partial charge is 0.153 e. The van der Waals surface area contributed by atoms with Crippen LogP contribution in [0, 0.1) is 23.7 Å². The van der Waals surface area contributed by atoms with Crippen molar-refractivity contribution in [1.29, 1.82) is 0 Å². The van der Waals surface area contributed by atoms with Crippen molar-refractivity contribution in [3.05, 3.63) is 142 Å². The normalized spacial score (nSPS) is 32.8. The maximum Gasteiger partial charge on any atom is 0.153 e. The number of piperidine rings is 1. The Morgan fingerprint density at radius 1 is 0.836 bits per heavy atom. The molecule has 7 unspecified atom stereocenters. The molecule has 6 fully saturated rings. The lowest BCUT2D eigenvalue weighted by Crippen LogP contribution is -2.73. The summed E-state index contributed by atoms with van der Waals surface area (Å²) in [7, 11) is 6.41. The number of nitrogens with zero attached hydrogens (tertiary/aromatic N) is 6. The van der Waals surface area contributed by atoms with Gasteiger partial charge in [0, 0.05) is 108 Å². The molecule has 5 saturated heterocycles. The Balaban J connectivity index is 1.00. The predicted octanol–water partition coefficient (Wildman–Crippen LogP) is 9.63. The van der Waals surface area contributed by atoms with Crippen molar-refractivity contribution in [2.45, 2.75) is 140 Å². The Hall–Kier alpha value is -4.14. The zero-order valence-corrected chi connectivity index (χ0v) is 45.5. The van der Waals surface area contributed by atoms with Gasteiger partial charge in [0.2, 0.25) is 0 Å². The van der Waals surface area contributed by atoms with Crippen LogP contribution in [0.5, 0.6) is 11.5 Å². The number of rotatable bonds is 14. The molecule has 1 aromatic heterocycles. The minimum absolute atomic E-state index is 0.00249. The lowest BCUT2D eigenvalue weighted by molar-refractivity contribution is -0.154. The number of carbonyl (C=O) groups excluding carboxylic acids is 1. The molecule has 12 atom stereocenters. The number of methoxy groups -OCH3 is 1. The second-order valence-corrected chi connectivity index (χ2v) is 23.6. The number of halogens is 2. The number of aromatic nitrogens is 2. The van der Waals surface area contributed by atoms with Gasteiger partial charge in [-0.1, -0.05) is 78.7 Å². The number of Topliss-reactive ketones (excluding diaryl/α,β-unsaturated/α-hetero) is 1. The molecule has 11 nitrogen and oxygen atoms in total. The average molecular weight is 1030 g/mol. The number of hydrogen-bond donors (Lipinski definition) is 2. The first-order chi connectivity index (χ1) is 35.3. The highest BCUT2D eigenvalue weighted by atomic mass is 35.5. The largest absolute Gasteiger partial charge is 0.457 e. The third-order valence-electron chi connectivity index (χ3n) is 19.0. The van der Waals surface area contributed by atoms with E-state index in [0.29, 0.717) is 24.0 Å². The number of likely N-dealkylation sites (tertiary alicyclic amines) is 3.